The molecule has 68 valence electrons. The van der Waals surface area contributed by atoms with Gasteiger partial charge in [0.2, 0.25) is 0 Å². The van der Waals surface area contributed by atoms with E-state index in [9.17, 15) is 0 Å². The van der Waals surface area contributed by atoms with E-state index in [1.165, 1.54) is 0 Å². The average Bonchev–Trinajstić information content (AvgIpc) is 2.21. The van der Waals surface area contributed by atoms with Crippen molar-refractivity contribution in [3.8, 4) is 0 Å². The number of benzene rings is 1. The predicted octanol–water partition coefficient (Wildman–Crippen LogP) is 3.41. The Morgan fingerprint density at radius 1 is 1.31 bits per heavy atom. The first-order valence-corrected chi connectivity index (χ1v) is 4.59. The van der Waals surface area contributed by atoms with Crippen LogP contribution in [0.25, 0.3) is 0 Å². The maximum atomic E-state index is 7.92. The van der Waals surface area contributed by atoms with Crippen molar-refractivity contribution in [2.45, 2.75) is 20.3 Å². The van der Waals surface area contributed by atoms with Crippen LogP contribution < -0.4 is 0 Å². The molecule has 1 aromatic rings. The molecule has 1 nitrogen and oxygen atoms in total. The first kappa shape index (κ1) is 9.72. The van der Waals surface area contributed by atoms with Crippen LogP contribution in [0.3, 0.4) is 0 Å². The number of hydrogen-bond donors (Lipinski definition) is 1. The highest BCUT2D eigenvalue weighted by Gasteiger charge is 2.03. The zero-order valence-corrected chi connectivity index (χ0v) is 8.17. The highest BCUT2D eigenvalue weighted by molar-refractivity contribution is 6.10. The van der Waals surface area contributed by atoms with Crippen molar-refractivity contribution in [3.63, 3.8) is 0 Å². The number of hydrogen-bond acceptors (Lipinski definition) is 1. The summed E-state index contributed by atoms with van der Waals surface area (Å²) in [6.45, 7) is 4.06. The van der Waals surface area contributed by atoms with Crippen molar-refractivity contribution in [1.29, 1.82) is 5.41 Å². The van der Waals surface area contributed by atoms with Gasteiger partial charge in [-0.25, -0.2) is 0 Å². The number of rotatable bonds is 3. The van der Waals surface area contributed by atoms with E-state index in [0.29, 0.717) is 5.71 Å². The van der Waals surface area contributed by atoms with Gasteiger partial charge in [-0.15, -0.1) is 0 Å². The summed E-state index contributed by atoms with van der Waals surface area (Å²) < 4.78 is 0. The van der Waals surface area contributed by atoms with E-state index in [-0.39, 0.29) is 0 Å². The Kier molecular flexibility index (Phi) is 3.44. The lowest BCUT2D eigenvalue weighted by atomic mass is 10.0. The molecule has 0 aromatic heterocycles. The van der Waals surface area contributed by atoms with E-state index in [4.69, 9.17) is 5.41 Å². The van der Waals surface area contributed by atoms with Gasteiger partial charge in [0.25, 0.3) is 0 Å². The lowest BCUT2D eigenvalue weighted by Gasteiger charge is -2.05. The molecule has 0 aliphatic heterocycles. The lowest BCUT2D eigenvalue weighted by Crippen LogP contribution is -2.01. The summed E-state index contributed by atoms with van der Waals surface area (Å²) in [6, 6.07) is 9.85. The van der Waals surface area contributed by atoms with Gasteiger partial charge in [0.1, 0.15) is 0 Å². The summed E-state index contributed by atoms with van der Waals surface area (Å²) >= 11 is 0. The average molecular weight is 173 g/mol. The third-order valence-corrected chi connectivity index (χ3v) is 2.11. The van der Waals surface area contributed by atoms with Crippen LogP contribution in [0.1, 0.15) is 25.8 Å². The van der Waals surface area contributed by atoms with Gasteiger partial charge in [0.15, 0.2) is 0 Å². The molecule has 0 fully saturated rings. The molecule has 0 saturated carbocycles. The minimum atomic E-state index is 0.644. The molecule has 1 N–H and O–H groups in total. The fourth-order valence-corrected chi connectivity index (χ4v) is 1.32. The molecular weight excluding hydrogens is 158 g/mol. The van der Waals surface area contributed by atoms with Gasteiger partial charge in [-0.3, -0.25) is 0 Å². The second kappa shape index (κ2) is 4.61. The summed E-state index contributed by atoms with van der Waals surface area (Å²) in [4.78, 5) is 0. The quantitative estimate of drug-likeness (QED) is 0.677. The van der Waals surface area contributed by atoms with Crippen LogP contribution in [0.2, 0.25) is 0 Å². The lowest BCUT2D eigenvalue weighted by molar-refractivity contribution is 1.15. The molecule has 0 heterocycles. The molecule has 1 aromatic carbocycles. The monoisotopic (exact) mass is 173 g/mol. The van der Waals surface area contributed by atoms with Gasteiger partial charge in [-0.2, -0.15) is 0 Å². The van der Waals surface area contributed by atoms with E-state index in [1.54, 1.807) is 0 Å². The van der Waals surface area contributed by atoms with Crippen molar-refractivity contribution < 1.29 is 0 Å². The van der Waals surface area contributed by atoms with E-state index < -0.39 is 0 Å². The second-order valence-corrected chi connectivity index (χ2v) is 2.91. The molecule has 0 saturated heterocycles. The van der Waals surface area contributed by atoms with Crippen LogP contribution >= 0.6 is 0 Å². The summed E-state index contributed by atoms with van der Waals surface area (Å²) in [5, 5.41) is 7.92. The second-order valence-electron chi connectivity index (χ2n) is 2.91. The smallest absolute Gasteiger partial charge is 0.0640 e. The van der Waals surface area contributed by atoms with Crippen LogP contribution in [0, 0.1) is 5.41 Å². The molecule has 0 unspecified atom stereocenters. The SMILES string of the molecule is C/C=C(/CC)C(=N)c1ccccc1. The fourth-order valence-electron chi connectivity index (χ4n) is 1.32. The molecule has 0 atom stereocenters. The van der Waals surface area contributed by atoms with Gasteiger partial charge in [0, 0.05) is 0 Å². The summed E-state index contributed by atoms with van der Waals surface area (Å²) in [5.74, 6) is 0. The van der Waals surface area contributed by atoms with E-state index in [2.05, 4.69) is 6.92 Å². The summed E-state index contributed by atoms with van der Waals surface area (Å²) in [5.41, 5.74) is 2.74. The van der Waals surface area contributed by atoms with Crippen LogP contribution in [-0.4, -0.2) is 5.71 Å². The van der Waals surface area contributed by atoms with Gasteiger partial charge in [-0.05, 0) is 24.5 Å². The first-order chi connectivity index (χ1) is 6.29. The Labute approximate surface area is 79.6 Å². The minimum Gasteiger partial charge on any atom is -0.300 e. The molecule has 0 spiro atoms. The Bertz CT molecular complexity index is 309. The first-order valence-electron chi connectivity index (χ1n) is 4.59. The Hall–Kier alpha value is -1.37. The van der Waals surface area contributed by atoms with Gasteiger partial charge in [0.05, 0.1) is 5.71 Å². The minimum absolute atomic E-state index is 0.644. The fraction of sp³-hybridized carbons (Fsp3) is 0.250. The summed E-state index contributed by atoms with van der Waals surface area (Å²) in [6.07, 6.45) is 2.93. The van der Waals surface area contributed by atoms with Crippen LogP contribution in [0.4, 0.5) is 0 Å². The van der Waals surface area contributed by atoms with E-state index in [0.717, 1.165) is 17.6 Å². The van der Waals surface area contributed by atoms with Gasteiger partial charge >= 0.3 is 0 Å². The highest BCUT2D eigenvalue weighted by Crippen LogP contribution is 2.10. The van der Waals surface area contributed by atoms with Crippen molar-refractivity contribution >= 4 is 5.71 Å². The van der Waals surface area contributed by atoms with Crippen LogP contribution in [-0.2, 0) is 0 Å². The predicted molar refractivity (Wildman–Crippen MR) is 57.3 cm³/mol. The molecule has 0 aliphatic rings. The van der Waals surface area contributed by atoms with Crippen molar-refractivity contribution in [2.24, 2.45) is 0 Å². The Morgan fingerprint density at radius 3 is 2.38 bits per heavy atom. The molecule has 0 radical (unpaired) electrons. The van der Waals surface area contributed by atoms with Gasteiger partial charge < -0.3 is 5.41 Å². The van der Waals surface area contributed by atoms with E-state index >= 15 is 0 Å². The summed E-state index contributed by atoms with van der Waals surface area (Å²) in [7, 11) is 0. The molecule has 13 heavy (non-hydrogen) atoms. The Morgan fingerprint density at radius 2 is 1.92 bits per heavy atom. The standard InChI is InChI=1S/C12H15N/c1-3-10(4-2)12(13)11-8-6-5-7-9-11/h3,5-9,13H,4H2,1-2H3/b10-3-,13-12?. The molecule has 0 amide bonds. The topological polar surface area (TPSA) is 23.9 Å². The largest absolute Gasteiger partial charge is 0.300 e. The Balaban J connectivity index is 2.92. The third kappa shape index (κ3) is 2.28. The molecular formula is C12H15N. The zero-order valence-electron chi connectivity index (χ0n) is 8.17. The number of nitrogens with one attached hydrogen (secondary N) is 1. The molecule has 1 rings (SSSR count). The maximum Gasteiger partial charge on any atom is 0.0640 e. The van der Waals surface area contributed by atoms with Gasteiger partial charge in [-0.1, -0.05) is 43.3 Å². The van der Waals surface area contributed by atoms with Crippen LogP contribution in [0.15, 0.2) is 42.0 Å². The van der Waals surface area contributed by atoms with Crippen LogP contribution in [0.5, 0.6) is 0 Å². The molecule has 0 bridgehead atoms. The van der Waals surface area contributed by atoms with Crippen molar-refractivity contribution in [3.05, 3.63) is 47.5 Å². The van der Waals surface area contributed by atoms with Crippen molar-refractivity contribution in [2.75, 3.05) is 0 Å². The highest BCUT2D eigenvalue weighted by atomic mass is 14.4. The number of allylic oxidation sites excluding steroid dienone is 2. The van der Waals surface area contributed by atoms with E-state index in [1.807, 2.05) is 43.3 Å². The molecule has 0 aliphatic carbocycles. The normalized spacial score (nSPS) is 11.4. The third-order valence-electron chi connectivity index (χ3n) is 2.11. The zero-order chi connectivity index (χ0) is 9.68. The molecule has 1 heteroatoms. The maximum absolute atomic E-state index is 7.92. The van der Waals surface area contributed by atoms with Crippen molar-refractivity contribution in [1.82, 2.24) is 0 Å².